The SMILES string of the molecule is CCOC(=O)C(=C(C)N)C(c1cccc(Cl)c1)C(C(=O)CCl)C(=O)OCC. The molecule has 0 saturated heterocycles. The number of esters is 2. The quantitative estimate of drug-likeness (QED) is 0.288. The Hall–Kier alpha value is -2.05. The number of carbonyl (C=O) groups excluding carboxylic acids is 3. The Balaban J connectivity index is 3.69. The van der Waals surface area contributed by atoms with Gasteiger partial charge in [-0.25, -0.2) is 4.79 Å². The Bertz CT molecular complexity index is 729. The van der Waals surface area contributed by atoms with Gasteiger partial charge in [0, 0.05) is 16.6 Å². The highest BCUT2D eigenvalue weighted by molar-refractivity contribution is 6.31. The van der Waals surface area contributed by atoms with Crippen LogP contribution in [-0.4, -0.2) is 36.8 Å². The lowest BCUT2D eigenvalue weighted by molar-refractivity contribution is -0.151. The van der Waals surface area contributed by atoms with E-state index in [0.717, 1.165) is 0 Å². The predicted octanol–water partition coefficient (Wildman–Crippen LogP) is 3.21. The number of Topliss-reactive ketones (excluding diaryl/α,β-unsaturated/α-hetero) is 1. The lowest BCUT2D eigenvalue weighted by Crippen LogP contribution is -2.36. The number of nitrogens with two attached hydrogens (primary N) is 1. The molecule has 0 heterocycles. The third-order valence-electron chi connectivity index (χ3n) is 3.79. The standard InChI is InChI=1S/C19H23Cl2NO5/c1-4-26-18(24)15(11(3)22)16(12-7-6-8-13(21)9-12)17(14(23)10-20)19(25)27-5-2/h6-9,16-17H,4-5,10,22H2,1-3H3. The van der Waals surface area contributed by atoms with Crippen LogP contribution in [-0.2, 0) is 23.9 Å². The molecule has 0 aromatic heterocycles. The first kappa shape index (κ1) is 23.0. The summed E-state index contributed by atoms with van der Waals surface area (Å²) < 4.78 is 10.2. The first-order chi connectivity index (χ1) is 12.8. The van der Waals surface area contributed by atoms with Gasteiger partial charge >= 0.3 is 11.9 Å². The summed E-state index contributed by atoms with van der Waals surface area (Å²) in [6.45, 7) is 4.92. The molecule has 6 nitrogen and oxygen atoms in total. The summed E-state index contributed by atoms with van der Waals surface area (Å²) in [7, 11) is 0. The number of hydrogen-bond donors (Lipinski definition) is 1. The van der Waals surface area contributed by atoms with Gasteiger partial charge in [0.2, 0.25) is 0 Å². The third kappa shape index (κ3) is 5.97. The van der Waals surface area contributed by atoms with Crippen LogP contribution < -0.4 is 5.73 Å². The van der Waals surface area contributed by atoms with E-state index in [4.69, 9.17) is 38.4 Å². The second-order valence-corrected chi connectivity index (χ2v) is 6.38. The fourth-order valence-electron chi connectivity index (χ4n) is 2.74. The van der Waals surface area contributed by atoms with Crippen molar-refractivity contribution in [3.63, 3.8) is 0 Å². The Labute approximate surface area is 168 Å². The van der Waals surface area contributed by atoms with Crippen molar-refractivity contribution in [2.75, 3.05) is 19.1 Å². The summed E-state index contributed by atoms with van der Waals surface area (Å²) in [6, 6.07) is 6.48. The minimum Gasteiger partial charge on any atom is -0.465 e. The van der Waals surface area contributed by atoms with Gasteiger partial charge in [0.05, 0.1) is 24.7 Å². The number of ether oxygens (including phenoxy) is 2. The molecule has 0 aliphatic rings. The molecule has 0 bridgehead atoms. The monoisotopic (exact) mass is 415 g/mol. The van der Waals surface area contributed by atoms with Crippen LogP contribution in [0.5, 0.6) is 0 Å². The molecule has 0 amide bonds. The van der Waals surface area contributed by atoms with Crippen LogP contribution in [0.1, 0.15) is 32.3 Å². The molecule has 8 heteroatoms. The predicted molar refractivity (Wildman–Crippen MR) is 104 cm³/mol. The van der Waals surface area contributed by atoms with Crippen molar-refractivity contribution in [3.05, 3.63) is 46.1 Å². The minimum atomic E-state index is -1.36. The van der Waals surface area contributed by atoms with Crippen molar-refractivity contribution in [2.24, 2.45) is 11.7 Å². The smallest absolute Gasteiger partial charge is 0.336 e. The van der Waals surface area contributed by atoms with Gasteiger partial charge in [-0.1, -0.05) is 23.7 Å². The van der Waals surface area contributed by atoms with Gasteiger partial charge in [0.15, 0.2) is 5.78 Å². The molecule has 0 fully saturated rings. The normalized spacial score (nSPS) is 14.0. The van der Waals surface area contributed by atoms with Crippen LogP contribution >= 0.6 is 23.2 Å². The van der Waals surface area contributed by atoms with Crippen LogP contribution in [0, 0.1) is 5.92 Å². The van der Waals surface area contributed by atoms with Crippen LogP contribution in [0.15, 0.2) is 35.5 Å². The first-order valence-electron chi connectivity index (χ1n) is 8.42. The molecule has 2 unspecified atom stereocenters. The number of hydrogen-bond acceptors (Lipinski definition) is 6. The highest BCUT2D eigenvalue weighted by Crippen LogP contribution is 2.37. The van der Waals surface area contributed by atoms with Crippen molar-refractivity contribution in [1.29, 1.82) is 0 Å². The van der Waals surface area contributed by atoms with E-state index >= 15 is 0 Å². The van der Waals surface area contributed by atoms with Gasteiger partial charge in [-0.2, -0.15) is 0 Å². The molecular weight excluding hydrogens is 393 g/mol. The van der Waals surface area contributed by atoms with E-state index in [1.54, 1.807) is 38.1 Å². The Morgan fingerprint density at radius 3 is 2.26 bits per heavy atom. The molecule has 1 aromatic rings. The van der Waals surface area contributed by atoms with E-state index in [2.05, 4.69) is 0 Å². The molecular formula is C19H23Cl2NO5. The Kier molecular flexibility index (Phi) is 9.32. The van der Waals surface area contributed by atoms with Crippen LogP contribution in [0.3, 0.4) is 0 Å². The van der Waals surface area contributed by atoms with Crippen LogP contribution in [0.25, 0.3) is 0 Å². The Morgan fingerprint density at radius 2 is 1.78 bits per heavy atom. The minimum absolute atomic E-state index is 0.00404. The summed E-state index contributed by atoms with van der Waals surface area (Å²) >= 11 is 11.8. The maximum absolute atomic E-state index is 12.6. The second-order valence-electron chi connectivity index (χ2n) is 5.68. The number of carbonyl (C=O) groups is 3. The largest absolute Gasteiger partial charge is 0.465 e. The highest BCUT2D eigenvalue weighted by atomic mass is 35.5. The van der Waals surface area contributed by atoms with Gasteiger partial charge in [0.1, 0.15) is 5.92 Å². The van der Waals surface area contributed by atoms with Crippen LogP contribution in [0.2, 0.25) is 5.02 Å². The fraction of sp³-hybridized carbons (Fsp3) is 0.421. The Morgan fingerprint density at radius 1 is 1.15 bits per heavy atom. The molecule has 0 aliphatic carbocycles. The lowest BCUT2D eigenvalue weighted by Gasteiger charge is -2.27. The second kappa shape index (κ2) is 10.9. The molecule has 0 radical (unpaired) electrons. The van der Waals surface area contributed by atoms with Gasteiger partial charge in [-0.3, -0.25) is 9.59 Å². The number of halogens is 2. The molecule has 2 N–H and O–H groups in total. The van der Waals surface area contributed by atoms with Gasteiger partial charge < -0.3 is 15.2 Å². The van der Waals surface area contributed by atoms with Crippen molar-refractivity contribution in [1.82, 2.24) is 0 Å². The van der Waals surface area contributed by atoms with E-state index in [0.29, 0.717) is 10.6 Å². The lowest BCUT2D eigenvalue weighted by atomic mass is 9.77. The number of rotatable bonds is 9. The summed E-state index contributed by atoms with van der Waals surface area (Å²) in [5.74, 6) is -4.95. The molecule has 2 atom stereocenters. The maximum atomic E-state index is 12.6. The first-order valence-corrected chi connectivity index (χ1v) is 9.33. The van der Waals surface area contributed by atoms with Crippen molar-refractivity contribution < 1.29 is 23.9 Å². The maximum Gasteiger partial charge on any atom is 0.336 e. The number of alkyl halides is 1. The van der Waals surface area contributed by atoms with Gasteiger partial charge in [-0.15, -0.1) is 11.6 Å². The van der Waals surface area contributed by atoms with E-state index in [1.807, 2.05) is 0 Å². The average molecular weight is 416 g/mol. The summed E-state index contributed by atoms with van der Waals surface area (Å²) in [6.07, 6.45) is 0. The fourth-order valence-corrected chi connectivity index (χ4v) is 3.10. The zero-order valence-electron chi connectivity index (χ0n) is 15.5. The van der Waals surface area contributed by atoms with E-state index in [9.17, 15) is 14.4 Å². The molecule has 27 heavy (non-hydrogen) atoms. The van der Waals surface area contributed by atoms with Gasteiger partial charge in [0.25, 0.3) is 0 Å². The van der Waals surface area contributed by atoms with Crippen molar-refractivity contribution in [3.8, 4) is 0 Å². The zero-order chi connectivity index (χ0) is 20.6. The van der Waals surface area contributed by atoms with E-state index < -0.39 is 35.4 Å². The molecule has 148 valence electrons. The van der Waals surface area contributed by atoms with Crippen molar-refractivity contribution >= 4 is 40.9 Å². The van der Waals surface area contributed by atoms with Crippen LogP contribution in [0.4, 0.5) is 0 Å². The van der Waals surface area contributed by atoms with Gasteiger partial charge in [-0.05, 0) is 38.5 Å². The average Bonchev–Trinajstić information content (AvgIpc) is 2.61. The topological polar surface area (TPSA) is 95.7 Å². The molecule has 0 aliphatic heterocycles. The van der Waals surface area contributed by atoms with Crippen molar-refractivity contribution in [2.45, 2.75) is 26.7 Å². The van der Waals surface area contributed by atoms with E-state index in [1.165, 1.54) is 6.92 Å². The highest BCUT2D eigenvalue weighted by Gasteiger charge is 2.41. The molecule has 0 spiro atoms. The summed E-state index contributed by atoms with van der Waals surface area (Å²) in [4.78, 5) is 37.7. The number of benzene rings is 1. The summed E-state index contributed by atoms with van der Waals surface area (Å²) in [5.41, 5.74) is 6.51. The molecule has 1 aromatic carbocycles. The molecule has 1 rings (SSSR count). The number of allylic oxidation sites excluding steroid dienone is 1. The summed E-state index contributed by atoms with van der Waals surface area (Å²) in [5, 5.41) is 0.372. The third-order valence-corrected chi connectivity index (χ3v) is 4.29. The van der Waals surface area contributed by atoms with E-state index in [-0.39, 0.29) is 24.5 Å². The number of ketones is 1. The zero-order valence-corrected chi connectivity index (χ0v) is 17.0. The molecule has 0 saturated carbocycles.